The van der Waals surface area contributed by atoms with E-state index in [9.17, 15) is 14.4 Å². The lowest BCUT2D eigenvalue weighted by Crippen LogP contribution is -2.50. The highest BCUT2D eigenvalue weighted by Gasteiger charge is 2.28. The predicted molar refractivity (Wildman–Crippen MR) is 110 cm³/mol. The summed E-state index contributed by atoms with van der Waals surface area (Å²) in [5, 5.41) is 2.93. The zero-order chi connectivity index (χ0) is 20.7. The van der Waals surface area contributed by atoms with E-state index in [1.165, 1.54) is 0 Å². The van der Waals surface area contributed by atoms with Crippen LogP contribution >= 0.6 is 0 Å². The number of amides is 3. The average Bonchev–Trinajstić information content (AvgIpc) is 2.65. The first-order valence-electron chi connectivity index (χ1n) is 10.8. The quantitative estimate of drug-likeness (QED) is 0.428. The fourth-order valence-corrected chi connectivity index (χ4v) is 3.06. The number of carbonyl (C=O) groups is 3. The summed E-state index contributed by atoms with van der Waals surface area (Å²) in [4.78, 5) is 38.9. The largest absolute Gasteiger partial charge is 0.370 e. The van der Waals surface area contributed by atoms with Crippen molar-refractivity contribution in [3.63, 3.8) is 0 Å². The van der Waals surface area contributed by atoms with Crippen LogP contribution in [0.2, 0.25) is 0 Å². The minimum Gasteiger partial charge on any atom is -0.370 e. The van der Waals surface area contributed by atoms with Gasteiger partial charge in [-0.3, -0.25) is 14.4 Å². The summed E-state index contributed by atoms with van der Waals surface area (Å²) in [6.45, 7) is 9.65. The van der Waals surface area contributed by atoms with Gasteiger partial charge in [0.15, 0.2) is 0 Å². The fourth-order valence-electron chi connectivity index (χ4n) is 3.06. The lowest BCUT2D eigenvalue weighted by molar-refractivity contribution is -0.138. The third kappa shape index (κ3) is 11.0. The number of unbranched alkanes of at least 4 members (excludes halogenated alkanes) is 3. The van der Waals surface area contributed by atoms with Gasteiger partial charge in [0, 0.05) is 25.4 Å². The molecule has 0 rings (SSSR count). The Hall–Kier alpha value is -1.59. The summed E-state index contributed by atoms with van der Waals surface area (Å²) >= 11 is 0. The minimum atomic E-state index is -0.672. The van der Waals surface area contributed by atoms with Crippen LogP contribution in [0.25, 0.3) is 0 Å². The first kappa shape index (κ1) is 25.4. The molecule has 0 saturated carbocycles. The molecule has 0 radical (unpaired) electrons. The van der Waals surface area contributed by atoms with Crippen molar-refractivity contribution < 1.29 is 14.4 Å². The molecule has 0 aliphatic carbocycles. The van der Waals surface area contributed by atoms with E-state index in [1.807, 2.05) is 11.8 Å². The maximum atomic E-state index is 13.1. The Morgan fingerprint density at radius 1 is 0.889 bits per heavy atom. The zero-order valence-electron chi connectivity index (χ0n) is 17.9. The van der Waals surface area contributed by atoms with Gasteiger partial charge in [0.1, 0.15) is 6.04 Å². The second-order valence-electron chi connectivity index (χ2n) is 7.35. The highest BCUT2D eigenvalue weighted by atomic mass is 16.2. The van der Waals surface area contributed by atoms with Crippen LogP contribution in [0.4, 0.5) is 0 Å². The van der Waals surface area contributed by atoms with Crippen molar-refractivity contribution in [2.75, 3.05) is 13.1 Å². The molecule has 0 aliphatic rings. The van der Waals surface area contributed by atoms with Crippen LogP contribution in [0.15, 0.2) is 0 Å². The SMILES string of the molecule is CCCCC(CC)C(=O)N[C@@H](CCC(N)=O)C(=O)N(CCCC)CCCC. The molecule has 3 amide bonds. The normalized spacial score (nSPS) is 13.0. The van der Waals surface area contributed by atoms with E-state index in [-0.39, 0.29) is 30.6 Å². The Morgan fingerprint density at radius 3 is 1.89 bits per heavy atom. The second-order valence-corrected chi connectivity index (χ2v) is 7.35. The molecule has 0 aliphatic heterocycles. The van der Waals surface area contributed by atoms with Crippen LogP contribution < -0.4 is 11.1 Å². The van der Waals surface area contributed by atoms with Crippen LogP contribution in [0.3, 0.4) is 0 Å². The maximum Gasteiger partial charge on any atom is 0.245 e. The van der Waals surface area contributed by atoms with Crippen molar-refractivity contribution in [2.24, 2.45) is 11.7 Å². The molecule has 0 spiro atoms. The third-order valence-corrected chi connectivity index (χ3v) is 4.94. The smallest absolute Gasteiger partial charge is 0.245 e. The number of hydrogen-bond donors (Lipinski definition) is 2. The number of nitrogens with two attached hydrogens (primary N) is 1. The van der Waals surface area contributed by atoms with Gasteiger partial charge < -0.3 is 16.0 Å². The molecular formula is C21H41N3O3. The van der Waals surface area contributed by atoms with Crippen LogP contribution in [-0.4, -0.2) is 41.8 Å². The summed E-state index contributed by atoms with van der Waals surface area (Å²) in [6.07, 6.45) is 7.83. The van der Waals surface area contributed by atoms with Crippen molar-refractivity contribution in [3.05, 3.63) is 0 Å². The maximum absolute atomic E-state index is 13.1. The van der Waals surface area contributed by atoms with E-state index in [0.717, 1.165) is 51.4 Å². The van der Waals surface area contributed by atoms with Gasteiger partial charge in [-0.2, -0.15) is 0 Å². The van der Waals surface area contributed by atoms with Crippen LogP contribution in [0.1, 0.15) is 91.9 Å². The molecule has 6 heteroatoms. The van der Waals surface area contributed by atoms with Crippen LogP contribution in [0.5, 0.6) is 0 Å². The summed E-state index contributed by atoms with van der Waals surface area (Å²) < 4.78 is 0. The van der Waals surface area contributed by atoms with Gasteiger partial charge in [0.2, 0.25) is 17.7 Å². The van der Waals surface area contributed by atoms with Crippen LogP contribution in [0, 0.1) is 5.92 Å². The highest BCUT2D eigenvalue weighted by molar-refractivity contribution is 5.89. The molecule has 0 fully saturated rings. The second kappa shape index (κ2) is 15.5. The Morgan fingerprint density at radius 2 is 1.44 bits per heavy atom. The van der Waals surface area contributed by atoms with E-state index < -0.39 is 11.9 Å². The Labute approximate surface area is 165 Å². The van der Waals surface area contributed by atoms with Crippen molar-refractivity contribution in [1.29, 1.82) is 0 Å². The van der Waals surface area contributed by atoms with Gasteiger partial charge in [0.05, 0.1) is 0 Å². The summed E-state index contributed by atoms with van der Waals surface area (Å²) in [5.41, 5.74) is 5.28. The number of carbonyl (C=O) groups excluding carboxylic acids is 3. The number of nitrogens with one attached hydrogen (secondary N) is 1. The predicted octanol–water partition coefficient (Wildman–Crippen LogP) is 3.38. The summed E-state index contributed by atoms with van der Waals surface area (Å²) in [6, 6.07) is -0.672. The Bertz CT molecular complexity index is 432. The lowest BCUT2D eigenvalue weighted by Gasteiger charge is -2.29. The van der Waals surface area contributed by atoms with E-state index in [4.69, 9.17) is 5.73 Å². The number of rotatable bonds is 16. The average molecular weight is 384 g/mol. The molecule has 0 saturated heterocycles. The molecule has 6 nitrogen and oxygen atoms in total. The van der Waals surface area contributed by atoms with Crippen molar-refractivity contribution in [2.45, 2.75) is 97.9 Å². The van der Waals surface area contributed by atoms with E-state index >= 15 is 0 Å². The zero-order valence-corrected chi connectivity index (χ0v) is 17.9. The first-order valence-corrected chi connectivity index (χ1v) is 10.8. The third-order valence-electron chi connectivity index (χ3n) is 4.94. The molecule has 0 aromatic carbocycles. The number of primary amides is 1. The molecule has 0 heterocycles. The molecule has 0 aromatic rings. The van der Waals surface area contributed by atoms with Crippen molar-refractivity contribution >= 4 is 17.7 Å². The standard InChI is InChI=1S/C21H41N3O3/c1-5-9-12-17(8-4)20(26)23-18(13-14-19(22)25)21(27)24(15-10-6-2)16-11-7-3/h17-18H,5-16H2,1-4H3,(H2,22,25)(H,23,26)/t17?,18-/m0/s1. The molecule has 2 atom stereocenters. The summed E-state index contributed by atoms with van der Waals surface area (Å²) in [7, 11) is 0. The number of nitrogens with zero attached hydrogens (tertiary/aromatic N) is 1. The van der Waals surface area contributed by atoms with Crippen LogP contribution in [-0.2, 0) is 14.4 Å². The first-order chi connectivity index (χ1) is 12.9. The molecule has 1 unspecified atom stereocenters. The van der Waals surface area contributed by atoms with E-state index in [1.54, 1.807) is 0 Å². The van der Waals surface area contributed by atoms with Gasteiger partial charge in [-0.15, -0.1) is 0 Å². The Kier molecular flexibility index (Phi) is 14.6. The van der Waals surface area contributed by atoms with Crippen molar-refractivity contribution in [3.8, 4) is 0 Å². The minimum absolute atomic E-state index is 0.0836. The topological polar surface area (TPSA) is 92.5 Å². The molecule has 0 bridgehead atoms. The van der Waals surface area contributed by atoms with E-state index in [0.29, 0.717) is 13.1 Å². The van der Waals surface area contributed by atoms with Crippen molar-refractivity contribution in [1.82, 2.24) is 10.2 Å². The molecule has 0 aromatic heterocycles. The molecule has 3 N–H and O–H groups in total. The van der Waals surface area contributed by atoms with Gasteiger partial charge >= 0.3 is 0 Å². The Balaban J connectivity index is 5.17. The molecule has 158 valence electrons. The monoisotopic (exact) mass is 383 g/mol. The fraction of sp³-hybridized carbons (Fsp3) is 0.857. The summed E-state index contributed by atoms with van der Waals surface area (Å²) in [5.74, 6) is -0.709. The molecular weight excluding hydrogens is 342 g/mol. The number of hydrogen-bond acceptors (Lipinski definition) is 3. The van der Waals surface area contributed by atoms with Gasteiger partial charge in [-0.05, 0) is 32.1 Å². The van der Waals surface area contributed by atoms with Gasteiger partial charge in [-0.25, -0.2) is 0 Å². The lowest BCUT2D eigenvalue weighted by atomic mass is 9.97. The highest BCUT2D eigenvalue weighted by Crippen LogP contribution is 2.14. The molecule has 27 heavy (non-hydrogen) atoms. The van der Waals surface area contributed by atoms with E-state index in [2.05, 4.69) is 26.1 Å². The van der Waals surface area contributed by atoms with Gasteiger partial charge in [-0.1, -0.05) is 53.4 Å². The van der Waals surface area contributed by atoms with Gasteiger partial charge in [0.25, 0.3) is 0 Å².